The highest BCUT2D eigenvalue weighted by Gasteiger charge is 2.38. The SMILES string of the molecule is COc1cc([C@H](N)C(F)(F)CO)cc(OC)c1OC. The number of aliphatic hydroxyl groups excluding tert-OH is 1. The first-order valence-corrected chi connectivity index (χ1v) is 5.45. The molecule has 0 aliphatic carbocycles. The van der Waals surface area contributed by atoms with E-state index in [1.807, 2.05) is 0 Å². The van der Waals surface area contributed by atoms with Crippen LogP contribution in [0.1, 0.15) is 11.6 Å². The molecule has 0 aliphatic rings. The van der Waals surface area contributed by atoms with Gasteiger partial charge in [-0.3, -0.25) is 0 Å². The van der Waals surface area contributed by atoms with E-state index in [-0.39, 0.29) is 22.8 Å². The Morgan fingerprint density at radius 2 is 1.63 bits per heavy atom. The van der Waals surface area contributed by atoms with Crippen LogP contribution in [0.5, 0.6) is 17.2 Å². The molecule has 0 aromatic heterocycles. The topological polar surface area (TPSA) is 73.9 Å². The minimum atomic E-state index is -3.44. The van der Waals surface area contributed by atoms with Gasteiger partial charge in [-0.25, -0.2) is 8.78 Å². The number of benzene rings is 1. The lowest BCUT2D eigenvalue weighted by atomic mass is 10.0. The molecule has 0 saturated heterocycles. The lowest BCUT2D eigenvalue weighted by Gasteiger charge is -2.23. The minimum Gasteiger partial charge on any atom is -0.493 e. The van der Waals surface area contributed by atoms with E-state index >= 15 is 0 Å². The van der Waals surface area contributed by atoms with E-state index in [2.05, 4.69) is 0 Å². The summed E-state index contributed by atoms with van der Waals surface area (Å²) in [7, 11) is 4.15. The first-order valence-electron chi connectivity index (χ1n) is 5.45. The molecule has 0 bridgehead atoms. The van der Waals surface area contributed by atoms with Crippen LogP contribution >= 0.6 is 0 Å². The Balaban J connectivity index is 3.30. The Bertz CT molecular complexity index is 415. The normalized spacial score (nSPS) is 13.0. The van der Waals surface area contributed by atoms with Crippen molar-refractivity contribution in [2.24, 2.45) is 5.73 Å². The zero-order chi connectivity index (χ0) is 14.6. The van der Waals surface area contributed by atoms with Gasteiger partial charge in [0.25, 0.3) is 5.92 Å². The van der Waals surface area contributed by atoms with Gasteiger partial charge in [-0.15, -0.1) is 0 Å². The molecule has 0 spiro atoms. The van der Waals surface area contributed by atoms with Crippen LogP contribution in [0.15, 0.2) is 12.1 Å². The van der Waals surface area contributed by atoms with Crippen molar-refractivity contribution in [2.45, 2.75) is 12.0 Å². The molecule has 19 heavy (non-hydrogen) atoms. The highest BCUT2D eigenvalue weighted by molar-refractivity contribution is 5.54. The number of aliphatic hydroxyl groups is 1. The molecular weight excluding hydrogens is 260 g/mol. The maximum absolute atomic E-state index is 13.4. The van der Waals surface area contributed by atoms with Crippen LogP contribution in [0.25, 0.3) is 0 Å². The predicted molar refractivity (Wildman–Crippen MR) is 65.1 cm³/mol. The summed E-state index contributed by atoms with van der Waals surface area (Å²) in [6, 6.07) is 0.983. The maximum atomic E-state index is 13.4. The first-order chi connectivity index (χ1) is 8.91. The van der Waals surface area contributed by atoms with Crippen molar-refractivity contribution in [3.8, 4) is 17.2 Å². The zero-order valence-corrected chi connectivity index (χ0v) is 10.9. The van der Waals surface area contributed by atoms with Crippen LogP contribution in [0.3, 0.4) is 0 Å². The summed E-state index contributed by atoms with van der Waals surface area (Å²) in [6.07, 6.45) is 0. The number of methoxy groups -OCH3 is 3. The number of alkyl halides is 2. The molecule has 1 aromatic rings. The average molecular weight is 277 g/mol. The molecule has 1 atom stereocenters. The lowest BCUT2D eigenvalue weighted by molar-refractivity contribution is -0.0712. The van der Waals surface area contributed by atoms with E-state index < -0.39 is 18.6 Å². The van der Waals surface area contributed by atoms with Gasteiger partial charge >= 0.3 is 0 Å². The van der Waals surface area contributed by atoms with Crippen molar-refractivity contribution < 1.29 is 28.1 Å². The summed E-state index contributed by atoms with van der Waals surface area (Å²) >= 11 is 0. The molecule has 1 aromatic carbocycles. The minimum absolute atomic E-state index is 0.0774. The molecule has 0 saturated carbocycles. The molecule has 0 heterocycles. The van der Waals surface area contributed by atoms with Crippen molar-refractivity contribution in [3.63, 3.8) is 0 Å². The third-order valence-electron chi connectivity index (χ3n) is 2.71. The number of ether oxygens (including phenoxy) is 3. The van der Waals surface area contributed by atoms with Crippen molar-refractivity contribution in [3.05, 3.63) is 17.7 Å². The molecule has 0 unspecified atom stereocenters. The molecule has 3 N–H and O–H groups in total. The summed E-state index contributed by atoms with van der Waals surface area (Å²) in [6.45, 7) is -1.34. The average Bonchev–Trinajstić information content (AvgIpc) is 2.44. The van der Waals surface area contributed by atoms with Crippen molar-refractivity contribution in [1.82, 2.24) is 0 Å². The fourth-order valence-corrected chi connectivity index (χ4v) is 1.62. The summed E-state index contributed by atoms with van der Waals surface area (Å²) in [5.41, 5.74) is 5.54. The third-order valence-corrected chi connectivity index (χ3v) is 2.71. The van der Waals surface area contributed by atoms with Crippen molar-refractivity contribution >= 4 is 0 Å². The second kappa shape index (κ2) is 6.03. The zero-order valence-electron chi connectivity index (χ0n) is 10.9. The van der Waals surface area contributed by atoms with Gasteiger partial charge in [0.1, 0.15) is 6.61 Å². The maximum Gasteiger partial charge on any atom is 0.289 e. The molecule has 0 amide bonds. The Hall–Kier alpha value is -1.60. The molecule has 5 nitrogen and oxygen atoms in total. The fraction of sp³-hybridized carbons (Fsp3) is 0.500. The van der Waals surface area contributed by atoms with Gasteiger partial charge in [-0.05, 0) is 17.7 Å². The Labute approximate surface area is 109 Å². The van der Waals surface area contributed by atoms with Gasteiger partial charge in [0.15, 0.2) is 11.5 Å². The van der Waals surface area contributed by atoms with Gasteiger partial charge in [-0.1, -0.05) is 0 Å². The summed E-state index contributed by atoms with van der Waals surface area (Å²) < 4.78 is 42.0. The number of hydrogen-bond donors (Lipinski definition) is 2. The Kier molecular flexibility index (Phi) is 4.90. The first kappa shape index (κ1) is 15.5. The molecule has 1 rings (SSSR count). The fourth-order valence-electron chi connectivity index (χ4n) is 1.62. The quantitative estimate of drug-likeness (QED) is 0.821. The highest BCUT2D eigenvalue weighted by Crippen LogP contribution is 2.41. The van der Waals surface area contributed by atoms with E-state index in [4.69, 9.17) is 25.1 Å². The van der Waals surface area contributed by atoms with Crippen LogP contribution in [-0.2, 0) is 0 Å². The molecule has 7 heteroatoms. The number of nitrogens with two attached hydrogens (primary N) is 1. The number of halogens is 2. The molecule has 0 radical (unpaired) electrons. The van der Waals surface area contributed by atoms with E-state index in [0.29, 0.717) is 0 Å². The number of hydrogen-bond acceptors (Lipinski definition) is 5. The largest absolute Gasteiger partial charge is 0.493 e. The standard InChI is InChI=1S/C12H17F2NO4/c1-17-8-4-7(11(15)12(13,14)6-16)5-9(18-2)10(8)19-3/h4-5,11,16H,6,15H2,1-3H3/t11-/m0/s1. The van der Waals surface area contributed by atoms with Crippen molar-refractivity contribution in [1.29, 1.82) is 0 Å². The Morgan fingerprint density at radius 1 is 1.16 bits per heavy atom. The van der Waals surface area contributed by atoms with E-state index in [0.717, 1.165) is 0 Å². The number of rotatable bonds is 6. The van der Waals surface area contributed by atoms with Gasteiger partial charge < -0.3 is 25.1 Å². The monoisotopic (exact) mass is 277 g/mol. The highest BCUT2D eigenvalue weighted by atomic mass is 19.3. The van der Waals surface area contributed by atoms with Crippen LogP contribution < -0.4 is 19.9 Å². The van der Waals surface area contributed by atoms with Crippen LogP contribution in [0, 0.1) is 0 Å². The second-order valence-corrected chi connectivity index (χ2v) is 3.86. The van der Waals surface area contributed by atoms with Crippen molar-refractivity contribution in [2.75, 3.05) is 27.9 Å². The molecular formula is C12H17F2NO4. The van der Waals surface area contributed by atoms with E-state index in [1.54, 1.807) is 0 Å². The van der Waals surface area contributed by atoms with Gasteiger partial charge in [0, 0.05) is 0 Å². The molecule has 0 aliphatic heterocycles. The van der Waals surface area contributed by atoms with Gasteiger partial charge in [-0.2, -0.15) is 0 Å². The lowest BCUT2D eigenvalue weighted by Crippen LogP contribution is -2.36. The van der Waals surface area contributed by atoms with Gasteiger partial charge in [0.05, 0.1) is 27.4 Å². The summed E-state index contributed by atoms with van der Waals surface area (Å²) in [5, 5.41) is 8.66. The van der Waals surface area contributed by atoms with E-state index in [1.165, 1.54) is 33.5 Å². The predicted octanol–water partition coefficient (Wildman–Crippen LogP) is 1.34. The molecule has 0 fully saturated rings. The van der Waals surface area contributed by atoms with E-state index in [9.17, 15) is 8.78 Å². The summed E-state index contributed by atoms with van der Waals surface area (Å²) in [5.74, 6) is -2.71. The van der Waals surface area contributed by atoms with Crippen LogP contribution in [-0.4, -0.2) is 39.0 Å². The molecule has 108 valence electrons. The second-order valence-electron chi connectivity index (χ2n) is 3.86. The van der Waals surface area contributed by atoms with Gasteiger partial charge in [0.2, 0.25) is 5.75 Å². The Morgan fingerprint density at radius 3 is 1.95 bits per heavy atom. The summed E-state index contributed by atoms with van der Waals surface area (Å²) in [4.78, 5) is 0. The van der Waals surface area contributed by atoms with Crippen LogP contribution in [0.4, 0.5) is 8.78 Å². The third kappa shape index (κ3) is 3.05. The smallest absolute Gasteiger partial charge is 0.289 e. The van der Waals surface area contributed by atoms with Crippen LogP contribution in [0.2, 0.25) is 0 Å².